The highest BCUT2D eigenvalue weighted by Gasteiger charge is 2.34. The van der Waals surface area contributed by atoms with E-state index in [0.29, 0.717) is 24.2 Å². The Morgan fingerprint density at radius 3 is 2.88 bits per heavy atom. The number of benzene rings is 1. The van der Waals surface area contributed by atoms with Gasteiger partial charge in [-0.3, -0.25) is 15.6 Å². The molecule has 0 radical (unpaired) electrons. The maximum atomic E-state index is 11.9. The number of hydrogen-bond acceptors (Lipinski definition) is 4. The molecule has 16 heavy (non-hydrogen) atoms. The smallest absolute Gasteiger partial charge is 0.256 e. The molecule has 0 bridgehead atoms. The Morgan fingerprint density at radius 1 is 1.44 bits per heavy atom. The summed E-state index contributed by atoms with van der Waals surface area (Å²) in [5.41, 5.74) is 6.95. The molecule has 0 saturated heterocycles. The van der Waals surface area contributed by atoms with Gasteiger partial charge in [0.2, 0.25) is 0 Å². The lowest BCUT2D eigenvalue weighted by Gasteiger charge is -2.20. The average molecular weight is 221 g/mol. The fourth-order valence-corrected chi connectivity index (χ4v) is 1.88. The van der Waals surface area contributed by atoms with E-state index in [1.54, 1.807) is 25.2 Å². The van der Waals surface area contributed by atoms with E-state index in [2.05, 4.69) is 10.9 Å². The summed E-state index contributed by atoms with van der Waals surface area (Å²) in [4.78, 5) is 13.4. The molecule has 1 aliphatic heterocycles. The molecule has 0 aliphatic carbocycles. The van der Waals surface area contributed by atoms with Crippen LogP contribution in [0.1, 0.15) is 22.1 Å². The van der Waals surface area contributed by atoms with Crippen LogP contribution in [0.25, 0.3) is 0 Å². The van der Waals surface area contributed by atoms with Gasteiger partial charge in [-0.15, -0.1) is 0 Å². The number of aliphatic hydroxyl groups excluding tert-OH is 1. The van der Waals surface area contributed by atoms with Gasteiger partial charge in [-0.1, -0.05) is 18.2 Å². The third kappa shape index (κ3) is 1.80. The lowest BCUT2D eigenvalue weighted by Crippen LogP contribution is -2.38. The van der Waals surface area contributed by atoms with Crippen LogP contribution < -0.4 is 10.9 Å². The maximum Gasteiger partial charge on any atom is 0.256 e. The van der Waals surface area contributed by atoms with Crippen molar-refractivity contribution in [3.05, 3.63) is 35.4 Å². The lowest BCUT2D eigenvalue weighted by atomic mass is 10.1. The van der Waals surface area contributed by atoms with E-state index in [0.717, 1.165) is 0 Å². The topological polar surface area (TPSA) is 64.6 Å². The van der Waals surface area contributed by atoms with Crippen molar-refractivity contribution in [3.63, 3.8) is 0 Å². The van der Waals surface area contributed by atoms with Crippen LogP contribution in [0, 0.1) is 0 Å². The zero-order valence-electron chi connectivity index (χ0n) is 9.10. The second-order valence-corrected chi connectivity index (χ2v) is 3.64. The highest BCUT2D eigenvalue weighted by Crippen LogP contribution is 2.30. The number of amides is 1. The molecule has 0 spiro atoms. The van der Waals surface area contributed by atoms with E-state index in [1.807, 2.05) is 6.07 Å². The minimum absolute atomic E-state index is 0.110. The Balaban J connectivity index is 2.12. The monoisotopic (exact) mass is 221 g/mol. The van der Waals surface area contributed by atoms with E-state index >= 15 is 0 Å². The van der Waals surface area contributed by atoms with Crippen molar-refractivity contribution in [1.29, 1.82) is 0 Å². The minimum Gasteiger partial charge on any atom is -0.369 e. The van der Waals surface area contributed by atoms with Gasteiger partial charge in [0.1, 0.15) is 0 Å². The second kappa shape index (κ2) is 4.61. The first-order valence-corrected chi connectivity index (χ1v) is 5.23. The van der Waals surface area contributed by atoms with E-state index in [-0.39, 0.29) is 5.91 Å². The SMILES string of the molecule is CNNCCN1C(=O)c2ccccc2C1O. The predicted octanol–water partition coefficient (Wildman–Crippen LogP) is -0.143. The first kappa shape index (κ1) is 11.1. The third-order valence-corrected chi connectivity index (χ3v) is 2.68. The van der Waals surface area contributed by atoms with Crippen LogP contribution in [0.5, 0.6) is 0 Å². The van der Waals surface area contributed by atoms with Crippen molar-refractivity contribution in [3.8, 4) is 0 Å². The van der Waals surface area contributed by atoms with E-state index < -0.39 is 6.23 Å². The Bertz CT molecular complexity index is 395. The second-order valence-electron chi connectivity index (χ2n) is 3.64. The molecule has 1 aromatic carbocycles. The quantitative estimate of drug-likeness (QED) is 0.489. The number of hydrazine groups is 1. The zero-order chi connectivity index (χ0) is 11.5. The van der Waals surface area contributed by atoms with Crippen LogP contribution in [0.4, 0.5) is 0 Å². The van der Waals surface area contributed by atoms with Gasteiger partial charge in [0.25, 0.3) is 5.91 Å². The Kier molecular flexibility index (Phi) is 3.19. The largest absolute Gasteiger partial charge is 0.369 e. The van der Waals surface area contributed by atoms with E-state index in [4.69, 9.17) is 0 Å². The zero-order valence-corrected chi connectivity index (χ0v) is 9.10. The molecule has 1 amide bonds. The van der Waals surface area contributed by atoms with Crippen molar-refractivity contribution >= 4 is 5.91 Å². The first-order chi connectivity index (χ1) is 7.75. The number of hydrogen-bond donors (Lipinski definition) is 3. The summed E-state index contributed by atoms with van der Waals surface area (Å²) < 4.78 is 0. The Labute approximate surface area is 94.0 Å². The van der Waals surface area contributed by atoms with E-state index in [9.17, 15) is 9.90 Å². The van der Waals surface area contributed by atoms with Crippen LogP contribution in [0.15, 0.2) is 24.3 Å². The van der Waals surface area contributed by atoms with Gasteiger partial charge in [0.05, 0.1) is 0 Å². The third-order valence-electron chi connectivity index (χ3n) is 2.68. The van der Waals surface area contributed by atoms with Crippen molar-refractivity contribution in [2.24, 2.45) is 0 Å². The van der Waals surface area contributed by atoms with Crippen LogP contribution >= 0.6 is 0 Å². The number of nitrogens with zero attached hydrogens (tertiary/aromatic N) is 1. The van der Waals surface area contributed by atoms with Crippen molar-refractivity contribution in [2.45, 2.75) is 6.23 Å². The molecule has 1 aromatic rings. The first-order valence-electron chi connectivity index (χ1n) is 5.23. The lowest BCUT2D eigenvalue weighted by molar-refractivity contribution is 0.0179. The molecule has 0 fully saturated rings. The standard InChI is InChI=1S/C11H15N3O2/c1-12-13-6-7-14-10(15)8-4-2-3-5-9(8)11(14)16/h2-5,10,12-13,15H,6-7H2,1H3. The van der Waals surface area contributed by atoms with Crippen molar-refractivity contribution < 1.29 is 9.90 Å². The molecule has 1 atom stereocenters. The van der Waals surface area contributed by atoms with Crippen molar-refractivity contribution in [1.82, 2.24) is 15.8 Å². The number of rotatable bonds is 4. The average Bonchev–Trinajstić information content (AvgIpc) is 2.55. The molecule has 3 N–H and O–H groups in total. The van der Waals surface area contributed by atoms with Gasteiger partial charge in [-0.2, -0.15) is 0 Å². The molecular weight excluding hydrogens is 206 g/mol. The Hall–Kier alpha value is -1.43. The van der Waals surface area contributed by atoms with Gasteiger partial charge in [0, 0.05) is 24.2 Å². The number of fused-ring (bicyclic) bond motifs is 1. The molecule has 5 nitrogen and oxygen atoms in total. The molecule has 5 heteroatoms. The number of carbonyl (C=O) groups excluding carboxylic acids is 1. The number of nitrogens with one attached hydrogen (secondary N) is 2. The summed E-state index contributed by atoms with van der Waals surface area (Å²) >= 11 is 0. The van der Waals surface area contributed by atoms with Crippen LogP contribution in [0.3, 0.4) is 0 Å². The van der Waals surface area contributed by atoms with Gasteiger partial charge >= 0.3 is 0 Å². The molecule has 86 valence electrons. The van der Waals surface area contributed by atoms with Crippen LogP contribution in [-0.2, 0) is 0 Å². The highest BCUT2D eigenvalue weighted by atomic mass is 16.3. The molecule has 1 heterocycles. The summed E-state index contributed by atoms with van der Waals surface area (Å²) in [7, 11) is 1.76. The minimum atomic E-state index is -0.817. The van der Waals surface area contributed by atoms with Crippen LogP contribution in [0.2, 0.25) is 0 Å². The maximum absolute atomic E-state index is 11.9. The summed E-state index contributed by atoms with van der Waals surface area (Å²) in [5, 5.41) is 9.97. The summed E-state index contributed by atoms with van der Waals surface area (Å²) in [6.07, 6.45) is -0.817. The number of aliphatic hydroxyl groups is 1. The molecule has 0 aromatic heterocycles. The molecule has 1 aliphatic rings. The van der Waals surface area contributed by atoms with Gasteiger partial charge in [0.15, 0.2) is 6.23 Å². The fourth-order valence-electron chi connectivity index (χ4n) is 1.88. The van der Waals surface area contributed by atoms with Gasteiger partial charge < -0.3 is 10.0 Å². The Morgan fingerprint density at radius 2 is 2.19 bits per heavy atom. The predicted molar refractivity (Wildman–Crippen MR) is 59.5 cm³/mol. The molecule has 2 rings (SSSR count). The normalized spacial score (nSPS) is 19.0. The summed E-state index contributed by atoms with van der Waals surface area (Å²) in [5.74, 6) is -0.110. The molecule has 0 saturated carbocycles. The number of carbonyl (C=O) groups is 1. The van der Waals surface area contributed by atoms with Crippen molar-refractivity contribution in [2.75, 3.05) is 20.1 Å². The summed E-state index contributed by atoms with van der Waals surface area (Å²) in [6.45, 7) is 1.06. The molecular formula is C11H15N3O2. The highest BCUT2D eigenvalue weighted by molar-refractivity contribution is 5.98. The summed E-state index contributed by atoms with van der Waals surface area (Å²) in [6, 6.07) is 7.15. The van der Waals surface area contributed by atoms with Gasteiger partial charge in [-0.05, 0) is 13.1 Å². The van der Waals surface area contributed by atoms with Gasteiger partial charge in [-0.25, -0.2) is 0 Å². The fraction of sp³-hybridized carbons (Fsp3) is 0.364. The van der Waals surface area contributed by atoms with E-state index in [1.165, 1.54) is 4.90 Å². The van der Waals surface area contributed by atoms with Crippen LogP contribution in [-0.4, -0.2) is 36.1 Å². The molecule has 1 unspecified atom stereocenters.